The Morgan fingerprint density at radius 3 is 2.38 bits per heavy atom. The highest BCUT2D eigenvalue weighted by molar-refractivity contribution is 5.38. The molecule has 0 spiro atoms. The van der Waals surface area contributed by atoms with Gasteiger partial charge in [-0.2, -0.15) is 0 Å². The standard InChI is InChI=1S/C20H32N2O4/c1-24-19-11-16(12-20(13-19)25-2)14-21-6-7-22(15-18(21)3-8-23)17-4-9-26-10-5-17/h11-13,17-18,23H,3-10,14-15H2,1-2H3/t18-/m0/s1. The van der Waals surface area contributed by atoms with Crippen LogP contribution >= 0.6 is 0 Å². The van der Waals surface area contributed by atoms with Crippen LogP contribution in [0.5, 0.6) is 11.5 Å². The maximum Gasteiger partial charge on any atom is 0.122 e. The summed E-state index contributed by atoms with van der Waals surface area (Å²) >= 11 is 0. The summed E-state index contributed by atoms with van der Waals surface area (Å²) in [5.41, 5.74) is 1.18. The van der Waals surface area contributed by atoms with Crippen molar-refractivity contribution in [1.29, 1.82) is 0 Å². The van der Waals surface area contributed by atoms with Gasteiger partial charge in [0.1, 0.15) is 11.5 Å². The van der Waals surface area contributed by atoms with Crippen LogP contribution < -0.4 is 9.47 Å². The lowest BCUT2D eigenvalue weighted by Gasteiger charge is -2.45. The minimum atomic E-state index is 0.226. The molecule has 0 bridgehead atoms. The molecule has 0 aromatic heterocycles. The van der Waals surface area contributed by atoms with Crippen molar-refractivity contribution in [2.45, 2.75) is 37.9 Å². The van der Waals surface area contributed by atoms with E-state index in [-0.39, 0.29) is 6.61 Å². The Morgan fingerprint density at radius 1 is 1.08 bits per heavy atom. The number of piperazine rings is 1. The fraction of sp³-hybridized carbons (Fsp3) is 0.700. The highest BCUT2D eigenvalue weighted by atomic mass is 16.5. The van der Waals surface area contributed by atoms with Gasteiger partial charge in [-0.3, -0.25) is 9.80 Å². The zero-order chi connectivity index (χ0) is 18.4. The lowest BCUT2D eigenvalue weighted by Crippen LogP contribution is -2.56. The van der Waals surface area contributed by atoms with Crippen molar-refractivity contribution >= 4 is 0 Å². The minimum absolute atomic E-state index is 0.226. The van der Waals surface area contributed by atoms with Gasteiger partial charge in [-0.15, -0.1) is 0 Å². The molecule has 1 N–H and O–H groups in total. The van der Waals surface area contributed by atoms with Gasteiger partial charge in [0.25, 0.3) is 0 Å². The molecule has 0 unspecified atom stereocenters. The predicted molar refractivity (Wildman–Crippen MR) is 101 cm³/mol. The van der Waals surface area contributed by atoms with Crippen LogP contribution in [0.3, 0.4) is 0 Å². The molecule has 2 aliphatic rings. The first-order chi connectivity index (χ1) is 12.7. The molecule has 3 rings (SSSR count). The summed E-state index contributed by atoms with van der Waals surface area (Å²) in [6, 6.07) is 7.04. The van der Waals surface area contributed by atoms with Crippen LogP contribution in [0.25, 0.3) is 0 Å². The number of rotatable bonds is 7. The number of benzene rings is 1. The number of aliphatic hydroxyl groups is 1. The van der Waals surface area contributed by atoms with Crippen LogP contribution in [0.2, 0.25) is 0 Å². The molecule has 0 aliphatic carbocycles. The first-order valence-electron chi connectivity index (χ1n) is 9.62. The van der Waals surface area contributed by atoms with Gasteiger partial charge in [0.05, 0.1) is 14.2 Å². The molecule has 2 heterocycles. The molecule has 26 heavy (non-hydrogen) atoms. The second-order valence-electron chi connectivity index (χ2n) is 7.20. The van der Waals surface area contributed by atoms with Crippen molar-refractivity contribution in [1.82, 2.24) is 9.80 Å². The first kappa shape index (κ1) is 19.4. The Morgan fingerprint density at radius 2 is 1.77 bits per heavy atom. The lowest BCUT2D eigenvalue weighted by atomic mass is 10.0. The Bertz CT molecular complexity index is 540. The first-order valence-corrected chi connectivity index (χ1v) is 9.62. The van der Waals surface area contributed by atoms with Gasteiger partial charge in [-0.05, 0) is 37.0 Å². The molecule has 2 saturated heterocycles. The van der Waals surface area contributed by atoms with E-state index in [2.05, 4.69) is 21.9 Å². The fourth-order valence-corrected chi connectivity index (χ4v) is 4.12. The van der Waals surface area contributed by atoms with Gasteiger partial charge < -0.3 is 19.3 Å². The minimum Gasteiger partial charge on any atom is -0.497 e. The molecular formula is C20H32N2O4. The topological polar surface area (TPSA) is 54.4 Å². The van der Waals surface area contributed by atoms with E-state index in [1.54, 1.807) is 14.2 Å². The lowest BCUT2D eigenvalue weighted by molar-refractivity contribution is -0.0116. The van der Waals surface area contributed by atoms with Crippen LogP contribution in [0.4, 0.5) is 0 Å². The summed E-state index contributed by atoms with van der Waals surface area (Å²) in [5.74, 6) is 1.64. The van der Waals surface area contributed by atoms with E-state index in [4.69, 9.17) is 14.2 Å². The van der Waals surface area contributed by atoms with Crippen LogP contribution in [0, 0.1) is 0 Å². The zero-order valence-electron chi connectivity index (χ0n) is 16.0. The molecule has 0 amide bonds. The van der Waals surface area contributed by atoms with Crippen LogP contribution in [0.1, 0.15) is 24.8 Å². The van der Waals surface area contributed by atoms with E-state index in [0.717, 1.165) is 70.2 Å². The number of hydrogen-bond acceptors (Lipinski definition) is 6. The van der Waals surface area contributed by atoms with Gasteiger partial charge in [-0.25, -0.2) is 0 Å². The largest absolute Gasteiger partial charge is 0.497 e. The van der Waals surface area contributed by atoms with E-state index < -0.39 is 0 Å². The van der Waals surface area contributed by atoms with Crippen molar-refractivity contribution < 1.29 is 19.3 Å². The summed E-state index contributed by atoms with van der Waals surface area (Å²) in [5, 5.41) is 9.56. The molecule has 1 aromatic rings. The Hall–Kier alpha value is -1.34. The van der Waals surface area contributed by atoms with Crippen molar-refractivity contribution in [3.05, 3.63) is 23.8 Å². The molecule has 146 valence electrons. The van der Waals surface area contributed by atoms with E-state index in [1.165, 1.54) is 5.56 Å². The maximum absolute atomic E-state index is 9.56. The highest BCUT2D eigenvalue weighted by Crippen LogP contribution is 2.26. The third-order valence-corrected chi connectivity index (χ3v) is 5.60. The van der Waals surface area contributed by atoms with E-state index >= 15 is 0 Å². The Kier molecular flexibility index (Phi) is 7.14. The molecule has 1 aromatic carbocycles. The predicted octanol–water partition coefficient (Wildman–Crippen LogP) is 1.75. The van der Waals surface area contributed by atoms with Crippen LogP contribution in [0.15, 0.2) is 18.2 Å². The average Bonchev–Trinajstić information content (AvgIpc) is 2.69. The van der Waals surface area contributed by atoms with Crippen molar-refractivity contribution in [3.63, 3.8) is 0 Å². The molecule has 0 saturated carbocycles. The molecule has 6 heteroatoms. The second-order valence-corrected chi connectivity index (χ2v) is 7.20. The maximum atomic E-state index is 9.56. The number of methoxy groups -OCH3 is 2. The van der Waals surface area contributed by atoms with Gasteiger partial charge in [0.15, 0.2) is 0 Å². The van der Waals surface area contributed by atoms with Crippen molar-refractivity contribution in [2.75, 3.05) is 53.7 Å². The van der Waals surface area contributed by atoms with Gasteiger partial charge in [0, 0.05) is 64.1 Å². The molecule has 0 radical (unpaired) electrons. The van der Waals surface area contributed by atoms with Crippen LogP contribution in [-0.4, -0.2) is 80.7 Å². The molecule has 6 nitrogen and oxygen atoms in total. The summed E-state index contributed by atoms with van der Waals surface area (Å²) < 4.78 is 16.3. The number of hydrogen-bond donors (Lipinski definition) is 1. The molecule has 1 atom stereocenters. The van der Waals surface area contributed by atoms with Crippen molar-refractivity contribution in [2.24, 2.45) is 0 Å². The number of aliphatic hydroxyl groups excluding tert-OH is 1. The van der Waals surface area contributed by atoms with E-state index in [1.807, 2.05) is 6.07 Å². The normalized spacial score (nSPS) is 23.1. The Labute approximate surface area is 156 Å². The van der Waals surface area contributed by atoms with Crippen LogP contribution in [-0.2, 0) is 11.3 Å². The number of nitrogens with zero attached hydrogens (tertiary/aromatic N) is 2. The highest BCUT2D eigenvalue weighted by Gasteiger charge is 2.31. The summed E-state index contributed by atoms with van der Waals surface area (Å²) in [6.07, 6.45) is 3.05. The smallest absolute Gasteiger partial charge is 0.122 e. The van der Waals surface area contributed by atoms with Gasteiger partial charge >= 0.3 is 0 Å². The van der Waals surface area contributed by atoms with Crippen molar-refractivity contribution in [3.8, 4) is 11.5 Å². The molecule has 2 aliphatic heterocycles. The third-order valence-electron chi connectivity index (χ3n) is 5.60. The fourth-order valence-electron chi connectivity index (χ4n) is 4.12. The summed E-state index contributed by atoms with van der Waals surface area (Å²) in [4.78, 5) is 5.09. The number of ether oxygens (including phenoxy) is 3. The van der Waals surface area contributed by atoms with E-state index in [9.17, 15) is 5.11 Å². The monoisotopic (exact) mass is 364 g/mol. The van der Waals surface area contributed by atoms with Gasteiger partial charge in [0.2, 0.25) is 0 Å². The third kappa shape index (κ3) is 4.88. The Balaban J connectivity index is 1.67. The SMILES string of the molecule is COc1cc(CN2CCN(C3CCOCC3)C[C@@H]2CCO)cc(OC)c1. The van der Waals surface area contributed by atoms with Gasteiger partial charge in [-0.1, -0.05) is 0 Å². The summed E-state index contributed by atoms with van der Waals surface area (Å²) in [6.45, 7) is 5.93. The average molecular weight is 364 g/mol. The summed E-state index contributed by atoms with van der Waals surface area (Å²) in [7, 11) is 3.36. The quantitative estimate of drug-likeness (QED) is 0.796. The van der Waals surface area contributed by atoms with E-state index in [0.29, 0.717) is 12.1 Å². The zero-order valence-corrected chi connectivity index (χ0v) is 16.0. The second kappa shape index (κ2) is 9.55. The molecule has 2 fully saturated rings. The molecular weight excluding hydrogens is 332 g/mol.